The van der Waals surface area contributed by atoms with Crippen molar-refractivity contribution >= 4 is 23.3 Å². The molecule has 2 aliphatic rings. The van der Waals surface area contributed by atoms with Gasteiger partial charge in [-0.2, -0.15) is 0 Å². The van der Waals surface area contributed by atoms with Gasteiger partial charge in [0.05, 0.1) is 17.1 Å². The summed E-state index contributed by atoms with van der Waals surface area (Å²) < 4.78 is 16.1. The second-order valence-electron chi connectivity index (χ2n) is 5.63. The third-order valence-electron chi connectivity index (χ3n) is 4.30. The zero-order chi connectivity index (χ0) is 13.0. The summed E-state index contributed by atoms with van der Waals surface area (Å²) in [4.78, 5) is 5.69. The first-order valence-corrected chi connectivity index (χ1v) is 7.27. The third-order valence-corrected chi connectivity index (χ3v) is 4.60. The van der Waals surface area contributed by atoms with Gasteiger partial charge in [-0.15, -0.1) is 0 Å². The van der Waals surface area contributed by atoms with E-state index in [1.165, 1.54) is 25.0 Å². The molecule has 1 aromatic carbocycles. The van der Waals surface area contributed by atoms with Crippen LogP contribution in [0.25, 0.3) is 11.0 Å². The van der Waals surface area contributed by atoms with E-state index in [9.17, 15) is 4.39 Å². The number of nitrogens with zero attached hydrogens (tertiary/aromatic N) is 2. The fourth-order valence-corrected chi connectivity index (χ4v) is 3.57. The molecule has 0 radical (unpaired) electrons. The molecule has 1 aromatic heterocycles. The lowest BCUT2D eigenvalue weighted by Gasteiger charge is -2.16. The van der Waals surface area contributed by atoms with Crippen molar-refractivity contribution < 1.29 is 4.39 Å². The van der Waals surface area contributed by atoms with Crippen LogP contribution >= 0.6 is 12.2 Å². The van der Waals surface area contributed by atoms with Gasteiger partial charge in [0, 0.05) is 19.1 Å². The molecule has 1 atom stereocenters. The maximum absolute atomic E-state index is 13.3. The molecule has 1 unspecified atom stereocenters. The normalized spacial score (nSPS) is 24.4. The summed E-state index contributed by atoms with van der Waals surface area (Å²) in [6.07, 6.45) is 3.82. The number of hydrogen-bond acceptors (Lipinski definition) is 2. The topological polar surface area (TPSA) is 24.0 Å². The Morgan fingerprint density at radius 1 is 1.21 bits per heavy atom. The molecule has 2 fully saturated rings. The Morgan fingerprint density at radius 3 is 2.84 bits per heavy atom. The maximum atomic E-state index is 13.3. The Labute approximate surface area is 116 Å². The van der Waals surface area contributed by atoms with Crippen LogP contribution in [0.2, 0.25) is 0 Å². The molecular formula is C14H16FN3S. The zero-order valence-corrected chi connectivity index (χ0v) is 11.4. The van der Waals surface area contributed by atoms with Crippen molar-refractivity contribution in [1.29, 1.82) is 0 Å². The zero-order valence-electron chi connectivity index (χ0n) is 10.6. The highest BCUT2D eigenvalue weighted by molar-refractivity contribution is 7.71. The van der Waals surface area contributed by atoms with Crippen LogP contribution in [0, 0.1) is 10.6 Å². The van der Waals surface area contributed by atoms with E-state index < -0.39 is 0 Å². The van der Waals surface area contributed by atoms with Crippen molar-refractivity contribution in [2.45, 2.75) is 31.3 Å². The quantitative estimate of drug-likeness (QED) is 0.852. The SMILES string of the molecule is Fc1ccc2c(c1)[nH]c(=S)n2C1CCN(C2CC2)C1. The van der Waals surface area contributed by atoms with Gasteiger partial charge in [0.2, 0.25) is 0 Å². The van der Waals surface area contributed by atoms with Gasteiger partial charge in [-0.25, -0.2) is 4.39 Å². The molecule has 1 saturated carbocycles. The first-order chi connectivity index (χ1) is 9.22. The van der Waals surface area contributed by atoms with Crippen LogP contribution in [0.5, 0.6) is 0 Å². The summed E-state index contributed by atoms with van der Waals surface area (Å²) in [7, 11) is 0. The molecular weight excluding hydrogens is 261 g/mol. The summed E-state index contributed by atoms with van der Waals surface area (Å²) >= 11 is 5.42. The van der Waals surface area contributed by atoms with Gasteiger partial charge in [-0.1, -0.05) is 0 Å². The monoisotopic (exact) mass is 277 g/mol. The summed E-state index contributed by atoms with van der Waals surface area (Å²) in [6, 6.07) is 6.09. The Morgan fingerprint density at radius 2 is 2.05 bits per heavy atom. The first kappa shape index (κ1) is 11.6. The van der Waals surface area contributed by atoms with Crippen molar-refractivity contribution in [3.05, 3.63) is 28.8 Å². The molecule has 5 heteroatoms. The summed E-state index contributed by atoms with van der Waals surface area (Å²) in [5.74, 6) is -0.220. The lowest BCUT2D eigenvalue weighted by Crippen LogP contribution is -2.23. The highest BCUT2D eigenvalue weighted by Gasteiger charge is 2.35. The number of benzene rings is 1. The second-order valence-corrected chi connectivity index (χ2v) is 6.02. The molecule has 4 rings (SSSR count). The van der Waals surface area contributed by atoms with Crippen LogP contribution in [0.15, 0.2) is 18.2 Å². The van der Waals surface area contributed by atoms with Crippen LogP contribution in [0.3, 0.4) is 0 Å². The minimum absolute atomic E-state index is 0.220. The molecule has 0 spiro atoms. The van der Waals surface area contributed by atoms with Crippen LogP contribution in [0.4, 0.5) is 4.39 Å². The van der Waals surface area contributed by atoms with Crippen LogP contribution < -0.4 is 0 Å². The van der Waals surface area contributed by atoms with Gasteiger partial charge in [0.1, 0.15) is 5.82 Å². The lowest BCUT2D eigenvalue weighted by molar-refractivity contribution is 0.314. The highest BCUT2D eigenvalue weighted by atomic mass is 32.1. The van der Waals surface area contributed by atoms with Gasteiger partial charge in [0.15, 0.2) is 4.77 Å². The van der Waals surface area contributed by atoms with E-state index in [1.807, 2.05) is 6.07 Å². The number of aromatic amines is 1. The van der Waals surface area contributed by atoms with Crippen molar-refractivity contribution in [1.82, 2.24) is 14.5 Å². The van der Waals surface area contributed by atoms with Gasteiger partial charge in [0.25, 0.3) is 0 Å². The van der Waals surface area contributed by atoms with E-state index in [4.69, 9.17) is 12.2 Å². The van der Waals surface area contributed by atoms with Crippen molar-refractivity contribution in [3.8, 4) is 0 Å². The number of nitrogens with one attached hydrogen (secondary N) is 1. The highest BCUT2D eigenvalue weighted by Crippen LogP contribution is 2.34. The van der Waals surface area contributed by atoms with Crippen molar-refractivity contribution in [2.24, 2.45) is 0 Å². The molecule has 1 aliphatic heterocycles. The number of aromatic nitrogens is 2. The Bertz CT molecular complexity index is 686. The van der Waals surface area contributed by atoms with E-state index in [1.54, 1.807) is 0 Å². The predicted octanol–water partition coefficient (Wildman–Crippen LogP) is 3.25. The van der Waals surface area contributed by atoms with Crippen molar-refractivity contribution in [3.63, 3.8) is 0 Å². The predicted molar refractivity (Wildman–Crippen MR) is 75.3 cm³/mol. The summed E-state index contributed by atoms with van der Waals surface area (Å²) in [5.41, 5.74) is 1.82. The molecule has 1 aliphatic carbocycles. The second kappa shape index (κ2) is 4.15. The minimum atomic E-state index is -0.220. The van der Waals surface area contributed by atoms with E-state index in [2.05, 4.69) is 14.5 Å². The summed E-state index contributed by atoms with van der Waals surface area (Å²) in [5, 5.41) is 0. The van der Waals surface area contributed by atoms with Crippen LogP contribution in [-0.4, -0.2) is 33.6 Å². The average Bonchev–Trinajstić information content (AvgIpc) is 3.02. The largest absolute Gasteiger partial charge is 0.330 e. The molecule has 2 heterocycles. The third kappa shape index (κ3) is 1.92. The fourth-order valence-electron chi connectivity index (χ4n) is 3.22. The molecule has 1 N–H and O–H groups in total. The van der Waals surface area contributed by atoms with Crippen LogP contribution in [0.1, 0.15) is 25.3 Å². The molecule has 1 saturated heterocycles. The number of hydrogen-bond donors (Lipinski definition) is 1. The standard InChI is InChI=1S/C14H16FN3S/c15-9-1-4-13-12(7-9)16-14(19)18(13)11-5-6-17(8-11)10-2-3-10/h1,4,7,10-11H,2-3,5-6,8H2,(H,16,19). The van der Waals surface area contributed by atoms with Gasteiger partial charge < -0.3 is 9.55 Å². The molecule has 100 valence electrons. The fraction of sp³-hybridized carbons (Fsp3) is 0.500. The van der Waals surface area contributed by atoms with E-state index in [0.29, 0.717) is 10.8 Å². The van der Waals surface area contributed by atoms with E-state index in [-0.39, 0.29) is 5.82 Å². The Kier molecular flexibility index (Phi) is 2.53. The molecule has 2 aromatic rings. The number of rotatable bonds is 2. The van der Waals surface area contributed by atoms with E-state index in [0.717, 1.165) is 36.6 Å². The number of fused-ring (bicyclic) bond motifs is 1. The van der Waals surface area contributed by atoms with Crippen LogP contribution in [-0.2, 0) is 0 Å². The van der Waals surface area contributed by atoms with Gasteiger partial charge >= 0.3 is 0 Å². The minimum Gasteiger partial charge on any atom is -0.330 e. The number of H-pyrrole nitrogens is 1. The molecule has 19 heavy (non-hydrogen) atoms. The van der Waals surface area contributed by atoms with Crippen molar-refractivity contribution in [2.75, 3.05) is 13.1 Å². The Balaban J connectivity index is 1.74. The average molecular weight is 277 g/mol. The molecule has 0 bridgehead atoms. The molecule has 0 amide bonds. The molecule has 3 nitrogen and oxygen atoms in total. The maximum Gasteiger partial charge on any atom is 0.178 e. The number of likely N-dealkylation sites (tertiary alicyclic amines) is 1. The van der Waals surface area contributed by atoms with Gasteiger partial charge in [-0.05, 0) is 49.7 Å². The first-order valence-electron chi connectivity index (χ1n) is 6.86. The lowest BCUT2D eigenvalue weighted by atomic mass is 10.2. The smallest absolute Gasteiger partial charge is 0.178 e. The summed E-state index contributed by atoms with van der Waals surface area (Å²) in [6.45, 7) is 2.23. The number of halogens is 1. The van der Waals surface area contributed by atoms with E-state index >= 15 is 0 Å². The van der Waals surface area contributed by atoms with Gasteiger partial charge in [-0.3, -0.25) is 4.90 Å². The Hall–Kier alpha value is -1.20. The number of imidazole rings is 1.